The lowest BCUT2D eigenvalue weighted by atomic mass is 9.93. The number of para-hydroxylation sites is 2. The summed E-state index contributed by atoms with van der Waals surface area (Å²) in [5.41, 5.74) is 4.16. The third-order valence-corrected chi connectivity index (χ3v) is 7.09. The number of nitrogens with one attached hydrogen (secondary N) is 2. The highest BCUT2D eigenvalue weighted by atomic mass is 19.1. The van der Waals surface area contributed by atoms with Crippen molar-refractivity contribution in [2.45, 2.75) is 32.0 Å². The van der Waals surface area contributed by atoms with Gasteiger partial charge in [0.25, 0.3) is 11.8 Å². The van der Waals surface area contributed by atoms with Gasteiger partial charge in [0.2, 0.25) is 0 Å². The van der Waals surface area contributed by atoms with E-state index in [9.17, 15) is 18.8 Å². The maximum atomic E-state index is 13.6. The van der Waals surface area contributed by atoms with Gasteiger partial charge < -0.3 is 15.2 Å². The van der Waals surface area contributed by atoms with Gasteiger partial charge in [0.15, 0.2) is 0 Å². The lowest BCUT2D eigenvalue weighted by molar-refractivity contribution is -0.120. The van der Waals surface area contributed by atoms with Gasteiger partial charge in [-0.15, -0.1) is 0 Å². The van der Waals surface area contributed by atoms with Crippen molar-refractivity contribution in [1.82, 2.24) is 15.2 Å². The minimum Gasteiger partial charge on any atom is -0.356 e. The van der Waals surface area contributed by atoms with Crippen LogP contribution >= 0.6 is 0 Å². The molecule has 1 fully saturated rings. The second-order valence-electron chi connectivity index (χ2n) is 9.15. The van der Waals surface area contributed by atoms with Gasteiger partial charge in [-0.1, -0.05) is 42.5 Å². The summed E-state index contributed by atoms with van der Waals surface area (Å²) < 4.78 is 13.2. The molecule has 0 aliphatic carbocycles. The van der Waals surface area contributed by atoms with Crippen LogP contribution in [0.5, 0.6) is 0 Å². The molecular formula is C28H23FN4O3. The Bertz CT molecular complexity index is 1530. The van der Waals surface area contributed by atoms with E-state index in [1.165, 1.54) is 12.1 Å². The van der Waals surface area contributed by atoms with Crippen LogP contribution in [0.15, 0.2) is 72.8 Å². The Morgan fingerprint density at radius 2 is 1.75 bits per heavy atom. The second kappa shape index (κ2) is 8.34. The van der Waals surface area contributed by atoms with Gasteiger partial charge in [0.1, 0.15) is 11.9 Å². The molecule has 36 heavy (non-hydrogen) atoms. The smallest absolute Gasteiger partial charge is 0.332 e. The molecule has 3 aromatic carbocycles. The predicted octanol–water partition coefficient (Wildman–Crippen LogP) is 4.69. The van der Waals surface area contributed by atoms with Crippen LogP contribution in [0.4, 0.5) is 14.9 Å². The number of aromatic nitrogens is 1. The van der Waals surface area contributed by atoms with Gasteiger partial charge in [-0.25, -0.2) is 14.1 Å². The number of aromatic amines is 1. The Morgan fingerprint density at radius 1 is 1.03 bits per heavy atom. The maximum absolute atomic E-state index is 13.6. The SMILES string of the molecule is C[C@H]1c2[nH]c3ccccc3c2C[C@H]2C(=O)N(c3ccccc3C(=O)NCc3ccc(F)cc3)C(=O)N21. The highest BCUT2D eigenvalue weighted by Gasteiger charge is 2.52. The van der Waals surface area contributed by atoms with Crippen LogP contribution in [0.3, 0.4) is 0 Å². The topological polar surface area (TPSA) is 85.5 Å². The number of urea groups is 1. The highest BCUT2D eigenvalue weighted by Crippen LogP contribution is 2.42. The van der Waals surface area contributed by atoms with Crippen LogP contribution in [-0.2, 0) is 17.8 Å². The standard InChI is InChI=1S/C28H23FN4O3/c1-16-25-21(19-6-2-4-8-22(19)31-25)14-24-27(35)33(28(36)32(16)24)23-9-5-3-7-20(23)26(34)30-15-17-10-12-18(29)13-11-17/h2-13,16,24,31H,14-15H2,1H3,(H,30,34)/t16-,24-/m0/s1. The zero-order chi connectivity index (χ0) is 25.0. The fraction of sp³-hybridized carbons (Fsp3) is 0.179. The molecular weight excluding hydrogens is 459 g/mol. The number of carbonyl (C=O) groups excluding carboxylic acids is 3. The van der Waals surface area contributed by atoms with Crippen molar-refractivity contribution in [3.05, 3.63) is 101 Å². The van der Waals surface area contributed by atoms with Crippen molar-refractivity contribution in [1.29, 1.82) is 0 Å². The molecule has 0 spiro atoms. The van der Waals surface area contributed by atoms with Crippen LogP contribution in [0.25, 0.3) is 10.9 Å². The molecule has 2 atom stereocenters. The molecule has 0 saturated carbocycles. The number of H-pyrrole nitrogens is 1. The number of hydrogen-bond donors (Lipinski definition) is 2. The van der Waals surface area contributed by atoms with Crippen molar-refractivity contribution in [2.24, 2.45) is 0 Å². The molecule has 3 heterocycles. The summed E-state index contributed by atoms with van der Waals surface area (Å²) in [5, 5.41) is 3.85. The molecule has 0 radical (unpaired) electrons. The van der Waals surface area contributed by atoms with E-state index in [0.717, 1.165) is 32.6 Å². The third-order valence-electron chi connectivity index (χ3n) is 7.09. The zero-order valence-electron chi connectivity index (χ0n) is 19.5. The lowest BCUT2D eigenvalue weighted by Crippen LogP contribution is -2.42. The van der Waals surface area contributed by atoms with E-state index in [1.54, 1.807) is 41.3 Å². The number of rotatable bonds is 4. The maximum Gasteiger partial charge on any atom is 0.332 e. The first-order valence-electron chi connectivity index (χ1n) is 11.8. The molecule has 4 amide bonds. The van der Waals surface area contributed by atoms with Crippen LogP contribution in [-0.4, -0.2) is 33.8 Å². The third kappa shape index (κ3) is 3.37. The van der Waals surface area contributed by atoms with Gasteiger partial charge in [-0.05, 0) is 48.4 Å². The summed E-state index contributed by atoms with van der Waals surface area (Å²) in [6, 6.07) is 18.9. The van der Waals surface area contributed by atoms with E-state index >= 15 is 0 Å². The molecule has 0 unspecified atom stereocenters. The number of carbonyl (C=O) groups is 3. The molecule has 6 rings (SSSR count). The van der Waals surface area contributed by atoms with Crippen molar-refractivity contribution in [2.75, 3.05) is 4.90 Å². The number of benzene rings is 3. The Morgan fingerprint density at radius 3 is 2.56 bits per heavy atom. The second-order valence-corrected chi connectivity index (χ2v) is 9.15. The van der Waals surface area contributed by atoms with Crippen molar-refractivity contribution in [3.8, 4) is 0 Å². The monoisotopic (exact) mass is 482 g/mol. The average molecular weight is 483 g/mol. The molecule has 4 aromatic rings. The fourth-order valence-corrected chi connectivity index (χ4v) is 5.32. The Labute approximate surface area is 206 Å². The first-order chi connectivity index (χ1) is 17.4. The Kier molecular flexibility index (Phi) is 5.10. The van der Waals surface area contributed by atoms with Gasteiger partial charge >= 0.3 is 6.03 Å². The first-order valence-corrected chi connectivity index (χ1v) is 11.8. The summed E-state index contributed by atoms with van der Waals surface area (Å²) in [6.45, 7) is 2.10. The number of amides is 4. The highest BCUT2D eigenvalue weighted by molar-refractivity contribution is 6.24. The van der Waals surface area contributed by atoms with Crippen LogP contribution in [0, 0.1) is 5.82 Å². The molecule has 180 valence electrons. The molecule has 8 heteroatoms. The average Bonchev–Trinajstić information content (AvgIpc) is 3.39. The van der Waals surface area contributed by atoms with E-state index in [2.05, 4.69) is 10.3 Å². The number of fused-ring (bicyclic) bond motifs is 4. The zero-order valence-corrected chi connectivity index (χ0v) is 19.5. The van der Waals surface area contributed by atoms with Crippen molar-refractivity contribution >= 4 is 34.4 Å². The molecule has 2 aliphatic heterocycles. The van der Waals surface area contributed by atoms with Crippen LogP contribution in [0.1, 0.15) is 40.1 Å². The number of imide groups is 1. The first kappa shape index (κ1) is 22.0. The summed E-state index contributed by atoms with van der Waals surface area (Å²) >= 11 is 0. The van der Waals surface area contributed by atoms with E-state index in [0.29, 0.717) is 6.42 Å². The summed E-state index contributed by atoms with van der Waals surface area (Å²) in [5.74, 6) is -1.13. The van der Waals surface area contributed by atoms with Crippen molar-refractivity contribution < 1.29 is 18.8 Å². The molecule has 0 bridgehead atoms. The number of hydrogen-bond acceptors (Lipinski definition) is 3. The Balaban J connectivity index is 1.30. The van der Waals surface area contributed by atoms with Gasteiger partial charge in [-0.3, -0.25) is 9.59 Å². The van der Waals surface area contributed by atoms with Crippen molar-refractivity contribution in [3.63, 3.8) is 0 Å². The summed E-state index contributed by atoms with van der Waals surface area (Å²) in [6.07, 6.45) is 0.406. The fourth-order valence-electron chi connectivity index (χ4n) is 5.32. The number of nitrogens with zero attached hydrogens (tertiary/aromatic N) is 2. The van der Waals surface area contributed by atoms with E-state index in [-0.39, 0.29) is 35.6 Å². The molecule has 2 N–H and O–H groups in total. The minimum absolute atomic E-state index is 0.183. The number of halogens is 1. The quantitative estimate of drug-likeness (QED) is 0.414. The molecule has 1 aromatic heterocycles. The molecule has 7 nitrogen and oxygen atoms in total. The van der Waals surface area contributed by atoms with E-state index < -0.39 is 18.0 Å². The molecule has 2 aliphatic rings. The lowest BCUT2D eigenvalue weighted by Gasteiger charge is -2.33. The van der Waals surface area contributed by atoms with Gasteiger partial charge in [0.05, 0.1) is 17.3 Å². The predicted molar refractivity (Wildman–Crippen MR) is 133 cm³/mol. The van der Waals surface area contributed by atoms with Crippen LogP contribution in [0.2, 0.25) is 0 Å². The van der Waals surface area contributed by atoms with Gasteiger partial charge in [-0.2, -0.15) is 0 Å². The Hall–Kier alpha value is -4.46. The normalized spacial score (nSPS) is 18.9. The van der Waals surface area contributed by atoms with E-state index in [4.69, 9.17) is 0 Å². The van der Waals surface area contributed by atoms with Crippen LogP contribution < -0.4 is 10.2 Å². The van der Waals surface area contributed by atoms with E-state index in [1.807, 2.05) is 31.2 Å². The summed E-state index contributed by atoms with van der Waals surface area (Å²) in [4.78, 5) is 46.5. The largest absolute Gasteiger partial charge is 0.356 e. The summed E-state index contributed by atoms with van der Waals surface area (Å²) in [7, 11) is 0. The van der Waals surface area contributed by atoms with Gasteiger partial charge in [0, 0.05) is 29.6 Å². The molecule has 1 saturated heterocycles. The minimum atomic E-state index is -0.644. The number of anilines is 1.